The maximum absolute atomic E-state index is 12.5. The number of aromatic hydroxyl groups is 1. The van der Waals surface area contributed by atoms with Crippen LogP contribution in [0, 0.1) is 0 Å². The standard InChI is InChI=1S/C20H20O6/c1-4-11-12(5-7-14(22)16(11)9(2)21)13-6-8-15(23)18-17(13)20(25)26-10(3)19(18)24/h4,6,8,10,12,19,21,23-24H,1-2,5,7H2,3H3. The van der Waals surface area contributed by atoms with Crippen LogP contribution in [0.2, 0.25) is 0 Å². The van der Waals surface area contributed by atoms with Crippen LogP contribution in [0.5, 0.6) is 5.75 Å². The van der Waals surface area contributed by atoms with Gasteiger partial charge in [-0.05, 0) is 30.5 Å². The lowest BCUT2D eigenvalue weighted by molar-refractivity contribution is -0.116. The van der Waals surface area contributed by atoms with E-state index in [9.17, 15) is 24.9 Å². The van der Waals surface area contributed by atoms with Crippen molar-refractivity contribution in [3.05, 3.63) is 65.0 Å². The molecule has 0 amide bonds. The summed E-state index contributed by atoms with van der Waals surface area (Å²) >= 11 is 0. The van der Waals surface area contributed by atoms with E-state index < -0.39 is 24.1 Å². The van der Waals surface area contributed by atoms with Crippen molar-refractivity contribution in [2.24, 2.45) is 0 Å². The largest absolute Gasteiger partial charge is 0.508 e. The molecule has 1 aromatic rings. The third kappa shape index (κ3) is 2.63. The number of benzene rings is 1. The highest BCUT2D eigenvalue weighted by Gasteiger charge is 2.39. The van der Waals surface area contributed by atoms with E-state index in [0.717, 1.165) is 0 Å². The summed E-state index contributed by atoms with van der Waals surface area (Å²) in [6.07, 6.45) is 0.0844. The van der Waals surface area contributed by atoms with Crippen LogP contribution in [-0.2, 0) is 9.53 Å². The average molecular weight is 356 g/mol. The number of hydrogen-bond acceptors (Lipinski definition) is 6. The summed E-state index contributed by atoms with van der Waals surface area (Å²) in [7, 11) is 0. The van der Waals surface area contributed by atoms with Gasteiger partial charge in [-0.1, -0.05) is 25.3 Å². The molecule has 1 aliphatic heterocycles. The average Bonchev–Trinajstić information content (AvgIpc) is 2.59. The van der Waals surface area contributed by atoms with Crippen LogP contribution < -0.4 is 0 Å². The number of ether oxygens (including phenoxy) is 1. The van der Waals surface area contributed by atoms with Gasteiger partial charge in [0.2, 0.25) is 0 Å². The van der Waals surface area contributed by atoms with E-state index in [1.54, 1.807) is 13.0 Å². The van der Waals surface area contributed by atoms with Crippen LogP contribution in [0.1, 0.15) is 53.3 Å². The van der Waals surface area contributed by atoms with Crippen LogP contribution in [-0.4, -0.2) is 33.2 Å². The van der Waals surface area contributed by atoms with Gasteiger partial charge in [0.15, 0.2) is 5.78 Å². The Labute approximate surface area is 150 Å². The summed E-state index contributed by atoms with van der Waals surface area (Å²) in [5, 5.41) is 30.4. The number of phenols is 1. The number of aliphatic hydroxyl groups is 2. The topological polar surface area (TPSA) is 104 Å². The summed E-state index contributed by atoms with van der Waals surface area (Å²) < 4.78 is 5.20. The lowest BCUT2D eigenvalue weighted by atomic mass is 9.75. The van der Waals surface area contributed by atoms with E-state index in [1.807, 2.05) is 0 Å². The summed E-state index contributed by atoms with van der Waals surface area (Å²) in [5.74, 6) is -1.85. The maximum Gasteiger partial charge on any atom is 0.339 e. The van der Waals surface area contributed by atoms with Gasteiger partial charge in [-0.2, -0.15) is 0 Å². The smallest absolute Gasteiger partial charge is 0.339 e. The van der Waals surface area contributed by atoms with Crippen LogP contribution >= 0.6 is 0 Å². The number of carbonyl (C=O) groups is 2. The third-order valence-electron chi connectivity index (χ3n) is 4.98. The van der Waals surface area contributed by atoms with E-state index in [0.29, 0.717) is 17.6 Å². The Morgan fingerprint density at radius 3 is 2.65 bits per heavy atom. The van der Waals surface area contributed by atoms with E-state index in [4.69, 9.17) is 4.74 Å². The Morgan fingerprint density at radius 1 is 1.35 bits per heavy atom. The molecule has 1 heterocycles. The summed E-state index contributed by atoms with van der Waals surface area (Å²) in [6.45, 7) is 8.72. The second-order valence-electron chi connectivity index (χ2n) is 6.51. The molecule has 26 heavy (non-hydrogen) atoms. The van der Waals surface area contributed by atoms with Crippen molar-refractivity contribution in [3.8, 4) is 5.75 Å². The first-order chi connectivity index (χ1) is 12.3. The predicted octanol–water partition coefficient (Wildman–Crippen LogP) is 2.99. The molecular formula is C20H20O6. The number of hydrogen-bond donors (Lipinski definition) is 3. The first-order valence-corrected chi connectivity index (χ1v) is 8.30. The molecule has 3 N–H and O–H groups in total. The second kappa shape index (κ2) is 6.46. The van der Waals surface area contributed by atoms with Gasteiger partial charge in [-0.3, -0.25) is 4.79 Å². The van der Waals surface area contributed by atoms with Gasteiger partial charge in [0, 0.05) is 17.9 Å². The van der Waals surface area contributed by atoms with Crippen molar-refractivity contribution in [1.29, 1.82) is 0 Å². The molecule has 3 unspecified atom stereocenters. The zero-order valence-corrected chi connectivity index (χ0v) is 14.4. The van der Waals surface area contributed by atoms with Crippen molar-refractivity contribution in [3.63, 3.8) is 0 Å². The molecule has 1 aliphatic carbocycles. The Bertz CT molecular complexity index is 863. The molecule has 136 valence electrons. The van der Waals surface area contributed by atoms with Crippen LogP contribution in [0.25, 0.3) is 0 Å². The molecule has 0 fully saturated rings. The number of phenolic OH excluding ortho intramolecular Hbond substituents is 1. The first kappa shape index (κ1) is 17.9. The molecule has 1 aromatic carbocycles. The number of rotatable bonds is 3. The van der Waals surface area contributed by atoms with Gasteiger partial charge in [-0.15, -0.1) is 0 Å². The monoisotopic (exact) mass is 356 g/mol. The number of fused-ring (bicyclic) bond motifs is 1. The van der Waals surface area contributed by atoms with E-state index in [1.165, 1.54) is 12.1 Å². The number of Topliss-reactive ketones (excluding diaryl/α,β-unsaturated/α-hetero) is 1. The van der Waals surface area contributed by atoms with E-state index in [2.05, 4.69) is 13.2 Å². The number of ketones is 1. The molecule has 6 nitrogen and oxygen atoms in total. The number of carbonyl (C=O) groups excluding carboxylic acids is 2. The van der Waals surface area contributed by atoms with Crippen LogP contribution in [0.3, 0.4) is 0 Å². The molecule has 3 atom stereocenters. The Hall–Kier alpha value is -2.86. The minimum Gasteiger partial charge on any atom is -0.508 e. The Kier molecular flexibility index (Phi) is 4.46. The molecule has 0 saturated heterocycles. The van der Waals surface area contributed by atoms with Crippen LogP contribution in [0.15, 0.2) is 48.3 Å². The van der Waals surface area contributed by atoms with Gasteiger partial charge in [-0.25, -0.2) is 4.79 Å². The molecule has 6 heteroatoms. The molecule has 3 rings (SSSR count). The van der Waals surface area contributed by atoms with Crippen molar-refractivity contribution in [1.82, 2.24) is 0 Å². The molecular weight excluding hydrogens is 336 g/mol. The first-order valence-electron chi connectivity index (χ1n) is 8.30. The van der Waals surface area contributed by atoms with E-state index in [-0.39, 0.29) is 40.4 Å². The van der Waals surface area contributed by atoms with Gasteiger partial charge in [0.25, 0.3) is 0 Å². The highest BCUT2D eigenvalue weighted by atomic mass is 16.6. The number of aliphatic hydroxyl groups excluding tert-OH is 2. The quantitative estimate of drug-likeness (QED) is 0.568. The van der Waals surface area contributed by atoms with Gasteiger partial charge >= 0.3 is 5.97 Å². The summed E-state index contributed by atoms with van der Waals surface area (Å²) in [6, 6.07) is 2.98. The Morgan fingerprint density at radius 2 is 2.04 bits per heavy atom. The SMILES string of the molecule is C=CC1=C(C(=C)O)C(=O)CCC1c1ccc(O)c2c1C(=O)OC(C)C2O. The normalized spacial score (nSPS) is 25.5. The predicted molar refractivity (Wildman–Crippen MR) is 93.9 cm³/mol. The molecule has 0 spiro atoms. The fourth-order valence-corrected chi connectivity index (χ4v) is 3.76. The third-order valence-corrected chi connectivity index (χ3v) is 4.98. The fraction of sp³-hybridized carbons (Fsp3) is 0.300. The maximum atomic E-state index is 12.5. The molecule has 0 saturated carbocycles. The fourth-order valence-electron chi connectivity index (χ4n) is 3.76. The molecule has 0 bridgehead atoms. The second-order valence-corrected chi connectivity index (χ2v) is 6.51. The lowest BCUT2D eigenvalue weighted by Crippen LogP contribution is -2.32. The van der Waals surface area contributed by atoms with Gasteiger partial charge in [0.1, 0.15) is 23.7 Å². The zero-order chi connectivity index (χ0) is 19.2. The molecule has 0 aromatic heterocycles. The van der Waals surface area contributed by atoms with Crippen molar-refractivity contribution < 1.29 is 29.6 Å². The highest BCUT2D eigenvalue weighted by molar-refractivity contribution is 6.02. The zero-order valence-electron chi connectivity index (χ0n) is 14.4. The van der Waals surface area contributed by atoms with Crippen molar-refractivity contribution >= 4 is 11.8 Å². The van der Waals surface area contributed by atoms with E-state index >= 15 is 0 Å². The minimum atomic E-state index is -1.16. The van der Waals surface area contributed by atoms with Crippen molar-refractivity contribution in [2.45, 2.75) is 37.9 Å². The lowest BCUT2D eigenvalue weighted by Gasteiger charge is -2.33. The molecule has 0 radical (unpaired) electrons. The van der Waals surface area contributed by atoms with Gasteiger partial charge < -0.3 is 20.1 Å². The van der Waals surface area contributed by atoms with Crippen LogP contribution in [0.4, 0.5) is 0 Å². The summed E-state index contributed by atoms with van der Waals surface area (Å²) in [5.41, 5.74) is 1.28. The minimum absolute atomic E-state index is 0.0937. The van der Waals surface area contributed by atoms with Crippen molar-refractivity contribution in [2.75, 3.05) is 0 Å². The molecule has 2 aliphatic rings. The Balaban J connectivity index is 2.26. The number of allylic oxidation sites excluding steroid dienone is 3. The summed E-state index contributed by atoms with van der Waals surface area (Å²) in [4.78, 5) is 24.7. The highest BCUT2D eigenvalue weighted by Crippen LogP contribution is 2.45. The number of esters is 1. The van der Waals surface area contributed by atoms with Gasteiger partial charge in [0.05, 0.1) is 11.1 Å². The number of cyclic esters (lactones) is 1.